The molecule has 0 saturated carbocycles. The Balaban J connectivity index is 1.54. The van der Waals surface area contributed by atoms with Gasteiger partial charge in [0.2, 0.25) is 5.91 Å². The first kappa shape index (κ1) is 21.1. The Bertz CT molecular complexity index is 1210. The lowest BCUT2D eigenvalue weighted by atomic mass is 10.2. The minimum absolute atomic E-state index is 0.0209. The van der Waals surface area contributed by atoms with Crippen LogP contribution in [0.1, 0.15) is 11.1 Å². The van der Waals surface area contributed by atoms with Gasteiger partial charge < -0.3 is 14.2 Å². The summed E-state index contributed by atoms with van der Waals surface area (Å²) < 4.78 is 32.0. The van der Waals surface area contributed by atoms with Gasteiger partial charge >= 0.3 is 0 Å². The van der Waals surface area contributed by atoms with Gasteiger partial charge in [0, 0.05) is 35.8 Å². The maximum absolute atomic E-state index is 12.7. The predicted molar refractivity (Wildman–Crippen MR) is 118 cm³/mol. The fourth-order valence-corrected chi connectivity index (χ4v) is 4.29. The Hall–Kier alpha value is -3.17. The summed E-state index contributed by atoms with van der Waals surface area (Å²) >= 11 is 0. The fraction of sp³-hybridized carbons (Fsp3) is 0.273. The van der Waals surface area contributed by atoms with Crippen LogP contribution in [0.5, 0.6) is 0 Å². The number of aromatic nitrogens is 1. The number of carbonyl (C=O) groups is 1. The number of ether oxygens (including phenoxy) is 1. The molecule has 1 saturated heterocycles. The van der Waals surface area contributed by atoms with Crippen molar-refractivity contribution in [2.24, 2.45) is 5.10 Å². The smallest absolute Gasteiger partial charge is 0.276 e. The number of aryl methyl sites for hydroxylation is 1. The van der Waals surface area contributed by atoms with E-state index in [1.165, 1.54) is 18.3 Å². The minimum atomic E-state index is -3.75. The number of nitrogens with one attached hydrogen (secondary N) is 1. The van der Waals surface area contributed by atoms with Crippen LogP contribution in [0.4, 0.5) is 0 Å². The van der Waals surface area contributed by atoms with Crippen LogP contribution in [0.2, 0.25) is 0 Å². The number of hydrogen-bond acceptors (Lipinski definition) is 5. The maximum atomic E-state index is 12.7. The number of sulfonamides is 1. The Kier molecular flexibility index (Phi) is 6.06. The molecule has 9 heteroatoms. The standard InChI is InChI=1S/C22H24N4O4S/c1-17-6-8-19(9-7-17)31(28,29)24-23-14-18-15-26(21-5-3-2-4-20(18)21)16-22(27)25-10-12-30-13-11-25/h2-9,14-15,24H,10-13,16H2,1H3/b23-14+. The summed E-state index contributed by atoms with van der Waals surface area (Å²) in [5.41, 5.74) is 2.57. The van der Waals surface area contributed by atoms with Crippen molar-refractivity contribution in [3.8, 4) is 0 Å². The van der Waals surface area contributed by atoms with E-state index < -0.39 is 10.0 Å². The van der Waals surface area contributed by atoms with Crippen LogP contribution in [0.3, 0.4) is 0 Å². The second kappa shape index (κ2) is 8.91. The van der Waals surface area contributed by atoms with E-state index in [-0.39, 0.29) is 17.3 Å². The van der Waals surface area contributed by atoms with Crippen molar-refractivity contribution in [1.82, 2.24) is 14.3 Å². The molecule has 1 fully saturated rings. The lowest BCUT2D eigenvalue weighted by Gasteiger charge is -2.27. The summed E-state index contributed by atoms with van der Waals surface area (Å²) in [5.74, 6) is 0.0209. The zero-order valence-corrected chi connectivity index (χ0v) is 18.0. The van der Waals surface area contributed by atoms with Gasteiger partial charge in [-0.2, -0.15) is 13.5 Å². The van der Waals surface area contributed by atoms with Crippen molar-refractivity contribution in [2.75, 3.05) is 26.3 Å². The van der Waals surface area contributed by atoms with E-state index in [0.29, 0.717) is 26.3 Å². The zero-order valence-electron chi connectivity index (χ0n) is 17.2. The molecule has 0 spiro atoms. The number of rotatable bonds is 6. The summed E-state index contributed by atoms with van der Waals surface area (Å²) in [4.78, 5) is 16.9. The molecule has 0 radical (unpaired) electrons. The van der Waals surface area contributed by atoms with Crippen molar-refractivity contribution in [3.05, 3.63) is 65.9 Å². The van der Waals surface area contributed by atoms with Crippen molar-refractivity contribution >= 4 is 33.0 Å². The Morgan fingerprint density at radius 3 is 2.58 bits per heavy atom. The monoisotopic (exact) mass is 440 g/mol. The van der Waals surface area contributed by atoms with Crippen molar-refractivity contribution < 1.29 is 17.9 Å². The SMILES string of the molecule is Cc1ccc(S(=O)(=O)N/N=C/c2cn(CC(=O)N3CCOCC3)c3ccccc23)cc1. The van der Waals surface area contributed by atoms with Crippen LogP contribution in [0.25, 0.3) is 10.9 Å². The molecule has 1 aliphatic rings. The normalized spacial score (nSPS) is 14.9. The molecule has 2 aromatic carbocycles. The van der Waals surface area contributed by atoms with Gasteiger partial charge in [-0.15, -0.1) is 0 Å². The topological polar surface area (TPSA) is 93.0 Å². The number of carbonyl (C=O) groups excluding carboxylic acids is 1. The summed E-state index contributed by atoms with van der Waals surface area (Å²) in [6, 6.07) is 14.2. The van der Waals surface area contributed by atoms with Gasteiger partial charge in [0.1, 0.15) is 6.54 Å². The van der Waals surface area contributed by atoms with Crippen molar-refractivity contribution in [1.29, 1.82) is 0 Å². The van der Waals surface area contributed by atoms with Gasteiger partial charge in [0.25, 0.3) is 10.0 Å². The Labute approximate surface area is 181 Å². The number of hydrazone groups is 1. The molecule has 4 rings (SSSR count). The van der Waals surface area contributed by atoms with E-state index in [4.69, 9.17) is 4.74 Å². The molecule has 162 valence electrons. The molecule has 1 amide bonds. The Morgan fingerprint density at radius 1 is 1.13 bits per heavy atom. The van der Waals surface area contributed by atoms with E-state index in [1.54, 1.807) is 17.0 Å². The first-order valence-corrected chi connectivity index (χ1v) is 11.5. The molecular formula is C22H24N4O4S. The maximum Gasteiger partial charge on any atom is 0.276 e. The van der Waals surface area contributed by atoms with Crippen molar-refractivity contribution in [2.45, 2.75) is 18.4 Å². The highest BCUT2D eigenvalue weighted by Crippen LogP contribution is 2.20. The molecule has 0 unspecified atom stereocenters. The van der Waals surface area contributed by atoms with Crippen LogP contribution in [-0.2, 0) is 26.1 Å². The van der Waals surface area contributed by atoms with Crippen LogP contribution >= 0.6 is 0 Å². The molecule has 0 aliphatic carbocycles. The van der Waals surface area contributed by atoms with Gasteiger partial charge in [-0.05, 0) is 25.1 Å². The second-order valence-corrected chi connectivity index (χ2v) is 9.05. The highest BCUT2D eigenvalue weighted by molar-refractivity contribution is 7.89. The number of fused-ring (bicyclic) bond motifs is 1. The van der Waals surface area contributed by atoms with E-state index in [9.17, 15) is 13.2 Å². The molecule has 8 nitrogen and oxygen atoms in total. The molecule has 3 aromatic rings. The molecule has 1 aromatic heterocycles. The van der Waals surface area contributed by atoms with Gasteiger partial charge in [0.05, 0.1) is 24.3 Å². The first-order valence-electron chi connectivity index (χ1n) is 9.99. The summed E-state index contributed by atoms with van der Waals surface area (Å²) in [6.45, 7) is 4.37. The first-order chi connectivity index (χ1) is 14.9. The van der Waals surface area contributed by atoms with E-state index in [0.717, 1.165) is 22.0 Å². The number of morpholine rings is 1. The molecule has 1 aliphatic heterocycles. The molecule has 1 N–H and O–H groups in total. The molecular weight excluding hydrogens is 416 g/mol. The van der Waals surface area contributed by atoms with Gasteiger partial charge in [-0.1, -0.05) is 35.9 Å². The molecule has 2 heterocycles. The van der Waals surface area contributed by atoms with Crippen LogP contribution in [0, 0.1) is 6.92 Å². The fourth-order valence-electron chi connectivity index (χ4n) is 3.50. The van der Waals surface area contributed by atoms with E-state index >= 15 is 0 Å². The van der Waals surface area contributed by atoms with Crippen molar-refractivity contribution in [3.63, 3.8) is 0 Å². The third-order valence-electron chi connectivity index (χ3n) is 5.20. The third-order valence-corrected chi connectivity index (χ3v) is 6.44. The summed E-state index contributed by atoms with van der Waals surface area (Å²) in [6.07, 6.45) is 3.27. The quantitative estimate of drug-likeness (QED) is 0.469. The summed E-state index contributed by atoms with van der Waals surface area (Å²) in [5, 5.41) is 4.84. The van der Waals surface area contributed by atoms with Crippen LogP contribution in [0.15, 0.2) is 64.7 Å². The average Bonchev–Trinajstić information content (AvgIpc) is 3.12. The predicted octanol–water partition coefficient (Wildman–Crippen LogP) is 2.12. The number of hydrogen-bond donors (Lipinski definition) is 1. The van der Waals surface area contributed by atoms with Crippen LogP contribution < -0.4 is 4.83 Å². The lowest BCUT2D eigenvalue weighted by molar-refractivity contribution is -0.135. The summed E-state index contributed by atoms with van der Waals surface area (Å²) in [7, 11) is -3.75. The van der Waals surface area contributed by atoms with Crippen LogP contribution in [-0.4, -0.2) is 56.3 Å². The minimum Gasteiger partial charge on any atom is -0.378 e. The average molecular weight is 441 g/mol. The second-order valence-electron chi connectivity index (χ2n) is 7.39. The van der Waals surface area contributed by atoms with Gasteiger partial charge in [0.15, 0.2) is 0 Å². The van der Waals surface area contributed by atoms with E-state index in [2.05, 4.69) is 9.93 Å². The number of nitrogens with zero attached hydrogens (tertiary/aromatic N) is 3. The molecule has 0 bridgehead atoms. The number of benzene rings is 2. The largest absolute Gasteiger partial charge is 0.378 e. The highest BCUT2D eigenvalue weighted by Gasteiger charge is 2.18. The number of para-hydroxylation sites is 1. The zero-order chi connectivity index (χ0) is 21.8. The highest BCUT2D eigenvalue weighted by atomic mass is 32.2. The molecule has 31 heavy (non-hydrogen) atoms. The van der Waals surface area contributed by atoms with Gasteiger partial charge in [-0.25, -0.2) is 4.83 Å². The Morgan fingerprint density at radius 2 is 1.84 bits per heavy atom. The third kappa shape index (κ3) is 4.78. The molecule has 0 atom stereocenters. The lowest BCUT2D eigenvalue weighted by Crippen LogP contribution is -2.42. The van der Waals surface area contributed by atoms with E-state index in [1.807, 2.05) is 42.0 Å². The number of amides is 1. The van der Waals surface area contributed by atoms with Gasteiger partial charge in [-0.3, -0.25) is 4.79 Å².